The van der Waals surface area contributed by atoms with Crippen molar-refractivity contribution in [2.45, 2.75) is 33.0 Å². The smallest absolute Gasteiger partial charge is 0.372 e. The van der Waals surface area contributed by atoms with Gasteiger partial charge in [-0.1, -0.05) is 12.1 Å². The Balaban J connectivity index is 0.00000576. The molecule has 2 N–H and O–H groups in total. The predicted octanol–water partition coefficient (Wildman–Crippen LogP) is 3.78. The zero-order valence-corrected chi connectivity index (χ0v) is 16.6. The number of nitrogens with one attached hydrogen (secondary N) is 2. The molecule has 0 radical (unpaired) electrons. The first-order chi connectivity index (χ1) is 11.3. The van der Waals surface area contributed by atoms with E-state index in [2.05, 4.69) is 20.4 Å². The van der Waals surface area contributed by atoms with Gasteiger partial charge >= 0.3 is 6.18 Å². The maximum Gasteiger partial charge on any atom is 0.411 e. The van der Waals surface area contributed by atoms with E-state index in [0.717, 1.165) is 5.56 Å². The summed E-state index contributed by atoms with van der Waals surface area (Å²) in [6.45, 7) is 3.72. The average molecular weight is 477 g/mol. The maximum atomic E-state index is 13.5. The van der Waals surface area contributed by atoms with Crippen LogP contribution in [0.3, 0.4) is 0 Å². The van der Waals surface area contributed by atoms with E-state index in [0.29, 0.717) is 37.6 Å². The number of halogens is 5. The van der Waals surface area contributed by atoms with Crippen LogP contribution in [0.25, 0.3) is 0 Å². The fourth-order valence-electron chi connectivity index (χ4n) is 1.82. The molecule has 0 unspecified atom stereocenters. The second-order valence-electron chi connectivity index (χ2n) is 5.23. The molecule has 0 fully saturated rings. The molecular weight excluding hydrogens is 453 g/mol. The van der Waals surface area contributed by atoms with Crippen LogP contribution in [-0.4, -0.2) is 38.4 Å². The van der Waals surface area contributed by atoms with Crippen LogP contribution in [-0.2, 0) is 11.3 Å². The SMILES string of the molecule is CCNC(=NCc1ccc(C)c(F)c1)NCCCOCC(F)(F)F.I. The largest absolute Gasteiger partial charge is 0.411 e. The highest BCUT2D eigenvalue weighted by Crippen LogP contribution is 2.14. The Labute approximate surface area is 162 Å². The standard InChI is InChI=1S/C16H23F4N3O.HI/c1-3-21-15(22-7-4-8-24-11-16(18,19)20)23-10-13-6-5-12(2)14(17)9-13;/h5-6,9H,3-4,7-8,10-11H2,1-2H3,(H2,21,22,23);1H. The van der Waals surface area contributed by atoms with Gasteiger partial charge in [-0.05, 0) is 37.5 Å². The normalized spacial score (nSPS) is 11.8. The van der Waals surface area contributed by atoms with Crippen LogP contribution in [0.1, 0.15) is 24.5 Å². The molecule has 0 saturated heterocycles. The lowest BCUT2D eigenvalue weighted by atomic mass is 10.1. The minimum absolute atomic E-state index is 0. The molecule has 0 aliphatic heterocycles. The first kappa shape index (κ1) is 23.9. The molecule has 0 bridgehead atoms. The lowest BCUT2D eigenvalue weighted by Crippen LogP contribution is -2.38. The van der Waals surface area contributed by atoms with Gasteiger partial charge in [0, 0.05) is 19.7 Å². The minimum Gasteiger partial charge on any atom is -0.372 e. The van der Waals surface area contributed by atoms with E-state index < -0.39 is 12.8 Å². The van der Waals surface area contributed by atoms with Gasteiger partial charge in [-0.15, -0.1) is 24.0 Å². The molecule has 0 aromatic heterocycles. The summed E-state index contributed by atoms with van der Waals surface area (Å²) in [5.74, 6) is 0.247. The molecule has 9 heteroatoms. The summed E-state index contributed by atoms with van der Waals surface area (Å²) in [4.78, 5) is 4.32. The predicted molar refractivity (Wildman–Crippen MR) is 101 cm³/mol. The Morgan fingerprint density at radius 3 is 2.56 bits per heavy atom. The topological polar surface area (TPSA) is 45.7 Å². The fourth-order valence-corrected chi connectivity index (χ4v) is 1.82. The molecule has 0 heterocycles. The van der Waals surface area contributed by atoms with Gasteiger partial charge in [0.25, 0.3) is 0 Å². The van der Waals surface area contributed by atoms with Gasteiger partial charge in [-0.2, -0.15) is 13.2 Å². The second-order valence-corrected chi connectivity index (χ2v) is 5.23. The van der Waals surface area contributed by atoms with Crippen molar-refractivity contribution in [1.82, 2.24) is 10.6 Å². The summed E-state index contributed by atoms with van der Waals surface area (Å²) in [5, 5.41) is 6.02. The number of aliphatic imine (C=N–C) groups is 1. The van der Waals surface area contributed by atoms with Gasteiger partial charge in [0.05, 0.1) is 6.54 Å². The molecule has 25 heavy (non-hydrogen) atoms. The number of ether oxygens (including phenoxy) is 1. The van der Waals surface area contributed by atoms with Crippen molar-refractivity contribution in [3.63, 3.8) is 0 Å². The van der Waals surface area contributed by atoms with Crippen molar-refractivity contribution < 1.29 is 22.3 Å². The van der Waals surface area contributed by atoms with Crippen molar-refractivity contribution in [2.75, 3.05) is 26.3 Å². The lowest BCUT2D eigenvalue weighted by molar-refractivity contribution is -0.173. The van der Waals surface area contributed by atoms with Crippen molar-refractivity contribution in [3.8, 4) is 0 Å². The average Bonchev–Trinajstić information content (AvgIpc) is 2.50. The molecule has 1 aromatic rings. The molecule has 0 amide bonds. The molecule has 4 nitrogen and oxygen atoms in total. The van der Waals surface area contributed by atoms with Crippen LogP contribution < -0.4 is 10.6 Å². The molecule has 0 aliphatic rings. The molecule has 1 rings (SSSR count). The molecule has 0 aliphatic carbocycles. The number of benzene rings is 1. The first-order valence-electron chi connectivity index (χ1n) is 7.73. The number of alkyl halides is 3. The van der Waals surface area contributed by atoms with Gasteiger partial charge in [0.15, 0.2) is 5.96 Å². The van der Waals surface area contributed by atoms with Crippen molar-refractivity contribution in [3.05, 3.63) is 35.1 Å². The van der Waals surface area contributed by atoms with Crippen LogP contribution >= 0.6 is 24.0 Å². The van der Waals surface area contributed by atoms with E-state index in [1.165, 1.54) is 6.07 Å². The second kappa shape index (κ2) is 12.3. The van der Waals surface area contributed by atoms with Crippen LogP contribution in [0.15, 0.2) is 23.2 Å². The lowest BCUT2D eigenvalue weighted by Gasteiger charge is -2.12. The number of guanidine groups is 1. The van der Waals surface area contributed by atoms with Crippen molar-refractivity contribution >= 4 is 29.9 Å². The fraction of sp³-hybridized carbons (Fsp3) is 0.562. The number of rotatable bonds is 8. The number of aryl methyl sites for hydroxylation is 1. The van der Waals surface area contributed by atoms with Crippen molar-refractivity contribution in [2.24, 2.45) is 4.99 Å². The summed E-state index contributed by atoms with van der Waals surface area (Å²) in [5.41, 5.74) is 1.32. The number of hydrogen-bond donors (Lipinski definition) is 2. The highest BCUT2D eigenvalue weighted by molar-refractivity contribution is 14.0. The van der Waals surface area contributed by atoms with Gasteiger partial charge in [-0.3, -0.25) is 0 Å². The van der Waals surface area contributed by atoms with E-state index in [1.54, 1.807) is 19.1 Å². The molecule has 1 aromatic carbocycles. The monoisotopic (exact) mass is 477 g/mol. The summed E-state index contributed by atoms with van der Waals surface area (Å²) in [7, 11) is 0. The Morgan fingerprint density at radius 1 is 1.24 bits per heavy atom. The van der Waals surface area contributed by atoms with E-state index in [9.17, 15) is 17.6 Å². The Kier molecular flexibility index (Phi) is 11.7. The molecule has 144 valence electrons. The zero-order valence-electron chi connectivity index (χ0n) is 14.3. The zero-order chi connectivity index (χ0) is 18.0. The molecule has 0 atom stereocenters. The van der Waals surface area contributed by atoms with Crippen LogP contribution in [0.4, 0.5) is 17.6 Å². The number of nitrogens with zero attached hydrogens (tertiary/aromatic N) is 1. The van der Waals surface area contributed by atoms with Gasteiger partial charge in [0.2, 0.25) is 0 Å². The maximum absolute atomic E-state index is 13.5. The van der Waals surface area contributed by atoms with Gasteiger partial charge in [0.1, 0.15) is 12.4 Å². The summed E-state index contributed by atoms with van der Waals surface area (Å²) in [6.07, 6.45) is -3.88. The van der Waals surface area contributed by atoms with E-state index in [1.807, 2.05) is 6.92 Å². The molecule has 0 saturated carbocycles. The van der Waals surface area contributed by atoms with Gasteiger partial charge < -0.3 is 15.4 Å². The van der Waals surface area contributed by atoms with Crippen LogP contribution in [0.2, 0.25) is 0 Å². The first-order valence-corrected chi connectivity index (χ1v) is 7.73. The quantitative estimate of drug-likeness (QED) is 0.197. The summed E-state index contributed by atoms with van der Waals surface area (Å²) >= 11 is 0. The van der Waals surface area contributed by atoms with Crippen LogP contribution in [0.5, 0.6) is 0 Å². The minimum atomic E-state index is -4.30. The third kappa shape index (κ3) is 11.2. The third-order valence-corrected chi connectivity index (χ3v) is 3.02. The van der Waals surface area contributed by atoms with Gasteiger partial charge in [-0.25, -0.2) is 9.38 Å². The Morgan fingerprint density at radius 2 is 1.96 bits per heavy atom. The van der Waals surface area contributed by atoms with Crippen molar-refractivity contribution in [1.29, 1.82) is 0 Å². The third-order valence-electron chi connectivity index (χ3n) is 3.02. The van der Waals surface area contributed by atoms with E-state index >= 15 is 0 Å². The Bertz CT molecular complexity index is 539. The molecule has 0 spiro atoms. The number of hydrogen-bond acceptors (Lipinski definition) is 2. The van der Waals surface area contributed by atoms with E-state index in [-0.39, 0.29) is 36.4 Å². The van der Waals surface area contributed by atoms with Crippen LogP contribution in [0, 0.1) is 12.7 Å². The molecular formula is C16H24F4IN3O. The van der Waals surface area contributed by atoms with E-state index in [4.69, 9.17) is 0 Å². The highest BCUT2D eigenvalue weighted by atomic mass is 127. The Hall–Kier alpha value is -1.10. The summed E-state index contributed by atoms with van der Waals surface area (Å²) < 4.78 is 53.7. The summed E-state index contributed by atoms with van der Waals surface area (Å²) in [6, 6.07) is 4.93. The highest BCUT2D eigenvalue weighted by Gasteiger charge is 2.27.